The lowest BCUT2D eigenvalue weighted by atomic mass is 9.87. The summed E-state index contributed by atoms with van der Waals surface area (Å²) < 4.78 is 0. The highest BCUT2D eigenvalue weighted by molar-refractivity contribution is 6.38. The van der Waals surface area contributed by atoms with E-state index in [9.17, 15) is 24.0 Å². The number of Topliss-reactive ketones (excluding diaryl/α,β-unsaturated/α-hetero) is 1. The number of benzene rings is 1. The quantitative estimate of drug-likeness (QED) is 0.247. The van der Waals surface area contributed by atoms with Gasteiger partial charge in [-0.3, -0.25) is 24.0 Å². The molecule has 37 heavy (non-hydrogen) atoms. The van der Waals surface area contributed by atoms with Crippen LogP contribution in [0.5, 0.6) is 0 Å². The summed E-state index contributed by atoms with van der Waals surface area (Å²) in [7, 11) is 0. The van der Waals surface area contributed by atoms with Gasteiger partial charge in [0.25, 0.3) is 5.91 Å². The molecule has 0 spiro atoms. The Hall–Kier alpha value is -2.91. The lowest BCUT2D eigenvalue weighted by Crippen LogP contribution is -2.55. The third-order valence-electron chi connectivity index (χ3n) is 5.70. The highest BCUT2D eigenvalue weighted by Crippen LogP contribution is 2.23. The van der Waals surface area contributed by atoms with Gasteiger partial charge in [-0.25, -0.2) is 0 Å². The predicted octanol–water partition coefficient (Wildman–Crippen LogP) is 2.64. The maximum Gasteiger partial charge on any atom is 0.289 e. The van der Waals surface area contributed by atoms with Gasteiger partial charge >= 0.3 is 0 Å². The second kappa shape index (κ2) is 13.6. The van der Waals surface area contributed by atoms with Gasteiger partial charge in [0.15, 0.2) is 0 Å². The van der Waals surface area contributed by atoms with Crippen molar-refractivity contribution < 1.29 is 24.0 Å². The van der Waals surface area contributed by atoms with E-state index in [1.807, 2.05) is 20.8 Å². The number of hydrogen-bond acceptors (Lipinski definition) is 5. The summed E-state index contributed by atoms with van der Waals surface area (Å²) in [5.41, 5.74) is 0.212. The van der Waals surface area contributed by atoms with Crippen LogP contribution in [0.3, 0.4) is 0 Å². The van der Waals surface area contributed by atoms with Crippen LogP contribution in [0.2, 0.25) is 10.0 Å². The summed E-state index contributed by atoms with van der Waals surface area (Å²) in [6, 6.07) is 2.63. The zero-order chi connectivity index (χ0) is 27.8. The lowest BCUT2D eigenvalue weighted by molar-refractivity contribution is -0.141. The van der Waals surface area contributed by atoms with Crippen molar-refractivity contribution in [2.75, 3.05) is 13.1 Å². The molecule has 2 rings (SSSR count). The molecule has 4 amide bonds. The van der Waals surface area contributed by atoms with Gasteiger partial charge in [-0.2, -0.15) is 0 Å². The zero-order valence-corrected chi connectivity index (χ0v) is 23.0. The second-order valence-corrected chi connectivity index (χ2v) is 11.0. The highest BCUT2D eigenvalue weighted by Gasteiger charge is 2.36. The zero-order valence-electron chi connectivity index (χ0n) is 21.5. The molecule has 202 valence electrons. The van der Waals surface area contributed by atoms with E-state index in [1.54, 1.807) is 25.1 Å². The van der Waals surface area contributed by atoms with Crippen LogP contribution in [0, 0.1) is 11.3 Å². The van der Waals surface area contributed by atoms with Crippen molar-refractivity contribution in [3.8, 4) is 0 Å². The number of carbonyl (C=O) groups excluding carboxylic acids is 5. The van der Waals surface area contributed by atoms with Crippen LogP contribution in [0.25, 0.3) is 6.08 Å². The van der Waals surface area contributed by atoms with Gasteiger partial charge in [0.05, 0.1) is 6.04 Å². The molecule has 1 aliphatic heterocycles. The fourth-order valence-electron chi connectivity index (χ4n) is 3.91. The summed E-state index contributed by atoms with van der Waals surface area (Å²) >= 11 is 12.1. The molecule has 9 nitrogen and oxygen atoms in total. The van der Waals surface area contributed by atoms with Crippen molar-refractivity contribution in [1.29, 1.82) is 0 Å². The fourth-order valence-corrected chi connectivity index (χ4v) is 4.38. The fraction of sp³-hybridized carbons (Fsp3) is 0.500. The number of halogens is 2. The van der Waals surface area contributed by atoms with E-state index in [1.165, 1.54) is 12.2 Å². The predicted molar refractivity (Wildman–Crippen MR) is 143 cm³/mol. The Morgan fingerprint density at radius 3 is 2.41 bits per heavy atom. The first-order valence-corrected chi connectivity index (χ1v) is 12.9. The second-order valence-electron chi connectivity index (χ2n) is 10.1. The molecule has 4 N–H and O–H groups in total. The van der Waals surface area contributed by atoms with Gasteiger partial charge in [0.2, 0.25) is 23.5 Å². The number of hydrogen-bond donors (Lipinski definition) is 4. The Morgan fingerprint density at radius 1 is 1.14 bits per heavy atom. The van der Waals surface area contributed by atoms with E-state index in [4.69, 9.17) is 23.2 Å². The molecule has 0 saturated carbocycles. The normalized spacial score (nSPS) is 17.1. The van der Waals surface area contributed by atoms with Gasteiger partial charge < -0.3 is 21.3 Å². The van der Waals surface area contributed by atoms with E-state index in [0.29, 0.717) is 28.6 Å². The highest BCUT2D eigenvalue weighted by atomic mass is 35.5. The largest absolute Gasteiger partial charge is 0.356 e. The van der Waals surface area contributed by atoms with Gasteiger partial charge in [-0.05, 0) is 55.4 Å². The number of nitrogens with one attached hydrogen (secondary N) is 4. The van der Waals surface area contributed by atoms with Crippen molar-refractivity contribution in [3.63, 3.8) is 0 Å². The summed E-state index contributed by atoms with van der Waals surface area (Å²) in [5, 5.41) is 11.2. The first kappa shape index (κ1) is 30.3. The Balaban J connectivity index is 2.20. The maximum atomic E-state index is 13.3. The molecule has 11 heteroatoms. The van der Waals surface area contributed by atoms with Crippen molar-refractivity contribution in [2.24, 2.45) is 11.3 Å². The molecule has 1 fully saturated rings. The van der Waals surface area contributed by atoms with Crippen LogP contribution in [-0.4, -0.2) is 54.6 Å². The Labute approximate surface area is 227 Å². The molecule has 1 aromatic carbocycles. The van der Waals surface area contributed by atoms with Crippen LogP contribution in [0.4, 0.5) is 0 Å². The minimum Gasteiger partial charge on any atom is -0.356 e. The Morgan fingerprint density at radius 2 is 1.84 bits per heavy atom. The van der Waals surface area contributed by atoms with Crippen molar-refractivity contribution >= 4 is 58.7 Å². The summed E-state index contributed by atoms with van der Waals surface area (Å²) in [6.07, 6.45) is 3.48. The van der Waals surface area contributed by atoms with Gasteiger partial charge in [-0.1, -0.05) is 50.0 Å². The van der Waals surface area contributed by atoms with Crippen LogP contribution >= 0.6 is 23.2 Å². The van der Waals surface area contributed by atoms with Crippen LogP contribution in [0.15, 0.2) is 24.3 Å². The summed E-state index contributed by atoms with van der Waals surface area (Å²) in [6.45, 7) is 8.09. The molecular formula is C26H34Cl2N4O5. The molecule has 3 atom stereocenters. The molecule has 1 aliphatic rings. The summed E-state index contributed by atoms with van der Waals surface area (Å²) in [4.78, 5) is 63.2. The van der Waals surface area contributed by atoms with Crippen LogP contribution < -0.4 is 21.3 Å². The molecule has 0 radical (unpaired) electrons. The van der Waals surface area contributed by atoms with E-state index in [-0.39, 0.29) is 30.7 Å². The van der Waals surface area contributed by atoms with E-state index >= 15 is 0 Å². The lowest BCUT2D eigenvalue weighted by Gasteiger charge is -2.28. The van der Waals surface area contributed by atoms with Crippen LogP contribution in [0.1, 0.15) is 52.5 Å². The molecular weight excluding hydrogens is 519 g/mol. The van der Waals surface area contributed by atoms with Gasteiger partial charge in [0, 0.05) is 35.1 Å². The van der Waals surface area contributed by atoms with Crippen LogP contribution in [-0.2, 0) is 24.0 Å². The van der Waals surface area contributed by atoms with Gasteiger partial charge in [-0.15, -0.1) is 0 Å². The monoisotopic (exact) mass is 552 g/mol. The first-order valence-electron chi connectivity index (χ1n) is 12.1. The Kier molecular flexibility index (Phi) is 11.1. The number of amides is 4. The molecule has 0 aromatic heterocycles. The van der Waals surface area contributed by atoms with E-state index in [2.05, 4.69) is 21.3 Å². The Bertz CT molecular complexity index is 1070. The van der Waals surface area contributed by atoms with Gasteiger partial charge in [0.1, 0.15) is 6.04 Å². The summed E-state index contributed by atoms with van der Waals surface area (Å²) in [5.74, 6) is -3.59. The average Bonchev–Trinajstić information content (AvgIpc) is 3.20. The number of rotatable bonds is 11. The minimum atomic E-state index is -1.21. The van der Waals surface area contributed by atoms with Crippen molar-refractivity contribution in [3.05, 3.63) is 39.9 Å². The van der Waals surface area contributed by atoms with E-state index < -0.39 is 41.5 Å². The SMILES string of the molecule is CCNC(=O)C(=O)C(C[C@@H]1CCNC1=O)NC(=O)C(CC(C)(C)C)NC(=O)/C=C/c1ccc(Cl)cc1Cl. The smallest absolute Gasteiger partial charge is 0.289 e. The molecule has 2 unspecified atom stereocenters. The molecule has 0 aliphatic carbocycles. The third kappa shape index (κ3) is 9.81. The maximum absolute atomic E-state index is 13.3. The topological polar surface area (TPSA) is 133 Å². The third-order valence-corrected chi connectivity index (χ3v) is 6.27. The number of ketones is 1. The molecule has 1 saturated heterocycles. The molecule has 1 heterocycles. The number of likely N-dealkylation sites (N-methyl/N-ethyl adjacent to an activating group) is 1. The molecule has 0 bridgehead atoms. The van der Waals surface area contributed by atoms with Crippen molar-refractivity contribution in [1.82, 2.24) is 21.3 Å². The number of carbonyl (C=O) groups is 5. The van der Waals surface area contributed by atoms with Crippen molar-refractivity contribution in [2.45, 2.75) is 59.0 Å². The minimum absolute atomic E-state index is 0.0152. The van der Waals surface area contributed by atoms with E-state index in [0.717, 1.165) is 0 Å². The molecule has 1 aromatic rings. The standard InChI is InChI=1S/C26H34Cl2N4O5/c1-5-29-25(37)22(34)19(12-16-10-11-30-23(16)35)32-24(36)20(14-26(2,3)4)31-21(33)9-7-15-6-8-17(27)13-18(15)28/h6-9,13,16,19-20H,5,10-12,14H2,1-4H3,(H,29,37)(H,30,35)(H,31,33)(H,32,36)/b9-7+/t16-,19?,20?/m0/s1. The average molecular weight is 553 g/mol. The first-order chi connectivity index (χ1) is 17.3.